The standard InChI is InChI=1S/C9H22N2.C6H4O2S/c1-7(2)10-11(8(3)4)9(5)6;7-9(8)5-2-1-3-6(9)4-5/h7-10H,1-6H3;1-4H. The zero-order valence-electron chi connectivity index (χ0n) is 13.2. The third kappa shape index (κ3) is 4.04. The molecule has 0 fully saturated rings. The van der Waals surface area contributed by atoms with Gasteiger partial charge in [-0.25, -0.2) is 13.4 Å². The van der Waals surface area contributed by atoms with E-state index in [-0.39, 0.29) is 0 Å². The third-order valence-corrected chi connectivity index (χ3v) is 4.70. The van der Waals surface area contributed by atoms with Crippen molar-refractivity contribution >= 4 is 9.84 Å². The Kier molecular flexibility index (Phi) is 5.74. The van der Waals surface area contributed by atoms with Crippen molar-refractivity contribution in [2.24, 2.45) is 0 Å². The highest BCUT2D eigenvalue weighted by Gasteiger charge is 2.26. The molecule has 0 spiro atoms. The van der Waals surface area contributed by atoms with Crippen LogP contribution in [0.3, 0.4) is 0 Å². The highest BCUT2D eigenvalue weighted by molar-refractivity contribution is 7.92. The van der Waals surface area contributed by atoms with E-state index in [9.17, 15) is 8.42 Å². The number of hydrazine groups is 1. The Morgan fingerprint density at radius 1 is 0.950 bits per heavy atom. The normalized spacial score (nSPS) is 15.3. The number of hydrogen-bond acceptors (Lipinski definition) is 4. The predicted octanol–water partition coefficient (Wildman–Crippen LogP) is 2.85. The number of fused-ring (bicyclic) bond motifs is 2. The van der Waals surface area contributed by atoms with E-state index < -0.39 is 9.84 Å². The number of rotatable bonds is 4. The molecule has 0 saturated carbocycles. The summed E-state index contributed by atoms with van der Waals surface area (Å²) in [6.07, 6.45) is 0. The lowest BCUT2D eigenvalue weighted by molar-refractivity contribution is 0.0880. The summed E-state index contributed by atoms with van der Waals surface area (Å²) in [5.41, 5.74) is 3.41. The molecule has 0 atom stereocenters. The number of sulfone groups is 1. The minimum absolute atomic E-state index is 0.444. The van der Waals surface area contributed by atoms with Crippen LogP contribution >= 0.6 is 0 Å². The SMILES string of the molecule is CC(C)NN(C(C)C)C(C)C.O=S1(=O)c2cccc1c2. The molecule has 5 heteroatoms. The summed E-state index contributed by atoms with van der Waals surface area (Å²) in [4.78, 5) is 0.889. The van der Waals surface area contributed by atoms with Gasteiger partial charge in [-0.1, -0.05) is 6.07 Å². The smallest absolute Gasteiger partial charge is 0.206 e. The van der Waals surface area contributed by atoms with E-state index in [1.807, 2.05) is 0 Å². The van der Waals surface area contributed by atoms with Crippen molar-refractivity contribution in [1.29, 1.82) is 0 Å². The van der Waals surface area contributed by atoms with Gasteiger partial charge in [-0.3, -0.25) is 5.43 Å². The van der Waals surface area contributed by atoms with Crippen LogP contribution in [-0.4, -0.2) is 31.6 Å². The van der Waals surface area contributed by atoms with E-state index in [1.165, 1.54) is 0 Å². The molecule has 0 aromatic heterocycles. The van der Waals surface area contributed by atoms with E-state index >= 15 is 0 Å². The van der Waals surface area contributed by atoms with E-state index in [2.05, 4.69) is 52.0 Å². The Labute approximate surface area is 123 Å². The van der Waals surface area contributed by atoms with E-state index in [1.54, 1.807) is 24.3 Å². The molecule has 4 nitrogen and oxygen atoms in total. The van der Waals surface area contributed by atoms with Crippen molar-refractivity contribution in [2.75, 3.05) is 0 Å². The summed E-state index contributed by atoms with van der Waals surface area (Å²) in [7, 11) is -2.93. The molecule has 1 N–H and O–H groups in total. The van der Waals surface area contributed by atoms with Crippen molar-refractivity contribution < 1.29 is 8.42 Å². The van der Waals surface area contributed by atoms with E-state index in [4.69, 9.17) is 0 Å². The van der Waals surface area contributed by atoms with Gasteiger partial charge in [0.2, 0.25) is 9.84 Å². The first-order valence-corrected chi connectivity index (χ1v) is 8.54. The van der Waals surface area contributed by atoms with Crippen LogP contribution in [0.2, 0.25) is 0 Å². The van der Waals surface area contributed by atoms with Gasteiger partial charge < -0.3 is 0 Å². The minimum Gasteiger partial charge on any atom is -0.252 e. The van der Waals surface area contributed by atoms with Crippen LogP contribution in [0.5, 0.6) is 0 Å². The topological polar surface area (TPSA) is 49.4 Å². The Morgan fingerprint density at radius 2 is 1.40 bits per heavy atom. The molecule has 0 radical (unpaired) electrons. The molecule has 114 valence electrons. The average molecular weight is 298 g/mol. The summed E-state index contributed by atoms with van der Waals surface area (Å²) in [5, 5.41) is 2.28. The molecule has 3 rings (SSSR count). The first-order chi connectivity index (χ1) is 9.16. The maximum absolute atomic E-state index is 10.8. The summed E-state index contributed by atoms with van der Waals surface area (Å²) in [5.74, 6) is 0. The minimum atomic E-state index is -2.93. The van der Waals surface area contributed by atoms with Gasteiger partial charge in [-0.2, -0.15) is 0 Å². The fourth-order valence-corrected chi connectivity index (χ4v) is 3.25. The van der Waals surface area contributed by atoms with Crippen LogP contribution in [0.1, 0.15) is 41.5 Å². The second kappa shape index (κ2) is 6.70. The van der Waals surface area contributed by atoms with Gasteiger partial charge in [0.15, 0.2) is 0 Å². The van der Waals surface area contributed by atoms with Gasteiger partial charge in [0.05, 0.1) is 9.79 Å². The molecular weight excluding hydrogens is 272 g/mol. The summed E-state index contributed by atoms with van der Waals surface area (Å²) < 4.78 is 21.7. The van der Waals surface area contributed by atoms with Crippen molar-refractivity contribution in [3.8, 4) is 0 Å². The quantitative estimate of drug-likeness (QED) is 0.882. The van der Waals surface area contributed by atoms with Crippen molar-refractivity contribution in [3.05, 3.63) is 24.3 Å². The highest BCUT2D eigenvalue weighted by atomic mass is 32.2. The molecule has 0 saturated heterocycles. The number of nitrogens with zero attached hydrogens (tertiary/aromatic N) is 1. The molecule has 0 amide bonds. The van der Waals surface area contributed by atoms with Gasteiger partial charge >= 0.3 is 0 Å². The molecule has 2 aliphatic rings. The zero-order valence-corrected chi connectivity index (χ0v) is 14.0. The van der Waals surface area contributed by atoms with Gasteiger partial charge in [0.25, 0.3) is 0 Å². The molecule has 0 unspecified atom stereocenters. The number of nitrogens with one attached hydrogen (secondary N) is 1. The summed E-state index contributed by atoms with van der Waals surface area (Å²) in [6, 6.07) is 8.26. The van der Waals surface area contributed by atoms with E-state index in [0.29, 0.717) is 27.9 Å². The Balaban J connectivity index is 0.000000202. The molecule has 2 heterocycles. The summed E-state index contributed by atoms with van der Waals surface area (Å²) in [6.45, 7) is 13.1. The lowest BCUT2D eigenvalue weighted by Crippen LogP contribution is -2.50. The Bertz CT molecular complexity index is 496. The second-order valence-electron chi connectivity index (χ2n) is 5.86. The largest absolute Gasteiger partial charge is 0.252 e. The van der Waals surface area contributed by atoms with Crippen LogP contribution < -0.4 is 5.43 Å². The average Bonchev–Trinajstić information content (AvgIpc) is 2.36. The van der Waals surface area contributed by atoms with Gasteiger partial charge in [0.1, 0.15) is 0 Å². The van der Waals surface area contributed by atoms with Gasteiger partial charge in [-0.05, 0) is 59.7 Å². The molecular formula is C15H26N2O2S. The van der Waals surface area contributed by atoms with E-state index in [0.717, 1.165) is 0 Å². The van der Waals surface area contributed by atoms with Crippen LogP contribution in [0.4, 0.5) is 0 Å². The molecule has 1 aromatic carbocycles. The monoisotopic (exact) mass is 298 g/mol. The number of hydrogen-bond donors (Lipinski definition) is 1. The fourth-order valence-electron chi connectivity index (χ4n) is 2.08. The third-order valence-electron chi connectivity index (χ3n) is 2.95. The van der Waals surface area contributed by atoms with Crippen molar-refractivity contribution in [3.63, 3.8) is 0 Å². The molecule has 2 bridgehead atoms. The second-order valence-corrected chi connectivity index (χ2v) is 7.81. The Morgan fingerprint density at radius 3 is 1.55 bits per heavy atom. The van der Waals surface area contributed by atoms with Gasteiger partial charge in [0, 0.05) is 18.1 Å². The molecule has 1 aromatic rings. The van der Waals surface area contributed by atoms with Crippen LogP contribution in [-0.2, 0) is 9.84 Å². The highest BCUT2D eigenvalue weighted by Crippen LogP contribution is 2.30. The lowest BCUT2D eigenvalue weighted by Gasteiger charge is -2.32. The zero-order chi connectivity index (χ0) is 15.5. The predicted molar refractivity (Wildman–Crippen MR) is 82.3 cm³/mol. The van der Waals surface area contributed by atoms with Crippen LogP contribution in [0.25, 0.3) is 0 Å². The molecule has 0 aliphatic carbocycles. The Hall–Kier alpha value is -0.910. The molecule has 20 heavy (non-hydrogen) atoms. The van der Waals surface area contributed by atoms with Crippen molar-refractivity contribution in [2.45, 2.75) is 69.5 Å². The first kappa shape index (κ1) is 17.1. The number of benzene rings is 1. The maximum atomic E-state index is 10.8. The van der Waals surface area contributed by atoms with Crippen molar-refractivity contribution in [1.82, 2.24) is 10.4 Å². The fraction of sp³-hybridized carbons (Fsp3) is 0.600. The van der Waals surface area contributed by atoms with Crippen LogP contribution in [0.15, 0.2) is 34.1 Å². The molecule has 2 aliphatic heterocycles. The lowest BCUT2D eigenvalue weighted by atomic mass is 10.3. The first-order valence-electron chi connectivity index (χ1n) is 7.06. The van der Waals surface area contributed by atoms with Gasteiger partial charge in [-0.15, -0.1) is 0 Å². The van der Waals surface area contributed by atoms with Crippen LogP contribution in [0, 0.1) is 0 Å². The maximum Gasteiger partial charge on any atom is 0.206 e. The summed E-state index contributed by atoms with van der Waals surface area (Å²) >= 11 is 0.